The van der Waals surface area contributed by atoms with Crippen LogP contribution >= 0.6 is 34.8 Å². The molecule has 3 aromatic carbocycles. The van der Waals surface area contributed by atoms with Crippen LogP contribution in [-0.2, 0) is 19.6 Å². The minimum absolute atomic E-state index is 0.106. The molecule has 222 valence electrons. The highest BCUT2D eigenvalue weighted by Crippen LogP contribution is 2.30. The van der Waals surface area contributed by atoms with Crippen LogP contribution < -0.4 is 0 Å². The molecule has 0 aromatic heterocycles. The molecule has 0 saturated carbocycles. The number of aromatic hydroxyl groups is 3. The largest absolute Gasteiger partial charge is 0.507 e. The van der Waals surface area contributed by atoms with Gasteiger partial charge in [-0.1, -0.05) is 34.8 Å². The zero-order valence-corrected chi connectivity index (χ0v) is 24.9. The highest BCUT2D eigenvalue weighted by Gasteiger charge is 2.22. The fraction of sp³-hybridized carbons (Fsp3) is 0.300. The molecule has 3 aromatic rings. The Morgan fingerprint density at radius 3 is 0.952 bits per heavy atom. The highest BCUT2D eigenvalue weighted by molar-refractivity contribution is 6.31. The van der Waals surface area contributed by atoms with Gasteiger partial charge in [0.15, 0.2) is 18.9 Å². The predicted molar refractivity (Wildman–Crippen MR) is 161 cm³/mol. The summed E-state index contributed by atoms with van der Waals surface area (Å²) in [5.74, 6) is -0.379. The first-order valence-electron chi connectivity index (χ1n) is 13.2. The van der Waals surface area contributed by atoms with Gasteiger partial charge in [0.1, 0.15) is 17.2 Å². The van der Waals surface area contributed by atoms with Gasteiger partial charge < -0.3 is 15.3 Å². The molecule has 1 fully saturated rings. The Morgan fingerprint density at radius 2 is 0.738 bits per heavy atom. The van der Waals surface area contributed by atoms with Crippen molar-refractivity contribution in [3.05, 3.63) is 84.8 Å². The average Bonchev–Trinajstić information content (AvgIpc) is 3.05. The minimum Gasteiger partial charge on any atom is -0.507 e. The Kier molecular flexibility index (Phi) is 10.8. The lowest BCUT2D eigenvalue weighted by molar-refractivity contribution is 0.111. The van der Waals surface area contributed by atoms with Crippen molar-refractivity contribution in [2.24, 2.45) is 0 Å². The van der Waals surface area contributed by atoms with E-state index in [0.717, 1.165) is 0 Å². The van der Waals surface area contributed by atoms with Crippen molar-refractivity contribution >= 4 is 53.7 Å². The second-order valence-corrected chi connectivity index (χ2v) is 11.5. The number of hydrogen-bond donors (Lipinski definition) is 3. The maximum atomic E-state index is 11.4. The maximum Gasteiger partial charge on any atom is 0.153 e. The molecule has 3 N–H and O–H groups in total. The van der Waals surface area contributed by atoms with E-state index in [9.17, 15) is 29.7 Å². The standard InChI is InChI=1S/C30H30Cl3N3O6/c31-25-7-19(28(40)22(10-25)16-37)13-34-1-2-35(14-20-8-26(32)11-23(17-38)29(20)41)5-6-36(4-3-34)15-21-9-27(33)12-24(18-39)30(21)42/h7-12,16-18,40-42H,1-6,13-15H2. The maximum absolute atomic E-state index is 11.4. The van der Waals surface area contributed by atoms with Gasteiger partial charge in [0, 0.05) is 90.7 Å². The summed E-state index contributed by atoms with van der Waals surface area (Å²) < 4.78 is 0. The Morgan fingerprint density at radius 1 is 0.500 bits per heavy atom. The van der Waals surface area contributed by atoms with Gasteiger partial charge in [0.05, 0.1) is 16.7 Å². The van der Waals surface area contributed by atoms with Crippen LogP contribution in [0.5, 0.6) is 17.2 Å². The lowest BCUT2D eigenvalue weighted by Gasteiger charge is -2.26. The van der Waals surface area contributed by atoms with Gasteiger partial charge in [-0.05, 0) is 36.4 Å². The van der Waals surface area contributed by atoms with Gasteiger partial charge >= 0.3 is 0 Å². The number of hydrogen-bond acceptors (Lipinski definition) is 9. The SMILES string of the molecule is O=Cc1cc(Cl)cc(CN2CCN(Cc3cc(Cl)cc(C=O)c3O)CCN(Cc3cc(Cl)cc(C=O)c3O)CC2)c1O. The van der Waals surface area contributed by atoms with E-state index in [0.29, 0.717) is 110 Å². The molecular weight excluding hydrogens is 605 g/mol. The number of halogens is 3. The first-order valence-corrected chi connectivity index (χ1v) is 14.3. The summed E-state index contributed by atoms with van der Waals surface area (Å²) in [7, 11) is 0. The number of carbonyl (C=O) groups excluding carboxylic acids is 3. The number of rotatable bonds is 9. The van der Waals surface area contributed by atoms with Crippen LogP contribution in [0.3, 0.4) is 0 Å². The molecule has 0 aliphatic carbocycles. The van der Waals surface area contributed by atoms with E-state index >= 15 is 0 Å². The Labute approximate surface area is 258 Å². The summed E-state index contributed by atoms with van der Waals surface area (Å²) in [4.78, 5) is 40.7. The van der Waals surface area contributed by atoms with Crippen LogP contribution in [0.15, 0.2) is 36.4 Å². The molecular formula is C30H30Cl3N3O6. The smallest absolute Gasteiger partial charge is 0.153 e. The molecule has 1 aliphatic heterocycles. The van der Waals surface area contributed by atoms with Crippen LogP contribution in [0, 0.1) is 0 Å². The second kappa shape index (κ2) is 14.3. The normalized spacial score (nSPS) is 15.5. The van der Waals surface area contributed by atoms with Gasteiger partial charge in [0.25, 0.3) is 0 Å². The van der Waals surface area contributed by atoms with Crippen LogP contribution in [0.1, 0.15) is 47.8 Å². The van der Waals surface area contributed by atoms with Crippen molar-refractivity contribution in [2.45, 2.75) is 19.6 Å². The molecule has 42 heavy (non-hydrogen) atoms. The number of phenolic OH excluding ortho intramolecular Hbond substituents is 3. The number of nitrogens with zero attached hydrogens (tertiary/aromatic N) is 3. The zero-order valence-electron chi connectivity index (χ0n) is 22.6. The molecule has 1 heterocycles. The topological polar surface area (TPSA) is 122 Å². The monoisotopic (exact) mass is 633 g/mol. The van der Waals surface area contributed by atoms with Crippen molar-refractivity contribution in [2.75, 3.05) is 39.3 Å². The molecule has 12 heteroatoms. The van der Waals surface area contributed by atoms with E-state index in [4.69, 9.17) is 34.8 Å². The van der Waals surface area contributed by atoms with E-state index < -0.39 is 0 Å². The van der Waals surface area contributed by atoms with Gasteiger partial charge in [-0.2, -0.15) is 0 Å². The zero-order chi connectivity index (χ0) is 30.4. The summed E-state index contributed by atoms with van der Waals surface area (Å²) in [6, 6.07) is 9.11. The third kappa shape index (κ3) is 7.80. The second-order valence-electron chi connectivity index (χ2n) is 10.2. The van der Waals surface area contributed by atoms with Crippen molar-refractivity contribution in [3.8, 4) is 17.2 Å². The Bertz CT molecular complexity index is 1300. The number of benzene rings is 3. The fourth-order valence-electron chi connectivity index (χ4n) is 5.05. The van der Waals surface area contributed by atoms with Crippen molar-refractivity contribution in [3.63, 3.8) is 0 Å². The van der Waals surface area contributed by atoms with Crippen molar-refractivity contribution in [1.82, 2.24) is 14.7 Å². The van der Waals surface area contributed by atoms with Crippen LogP contribution in [0.2, 0.25) is 15.1 Å². The van der Waals surface area contributed by atoms with E-state index in [1.165, 1.54) is 18.2 Å². The van der Waals surface area contributed by atoms with Gasteiger partial charge in [0.2, 0.25) is 0 Å². The van der Waals surface area contributed by atoms with Crippen LogP contribution in [0.25, 0.3) is 0 Å². The molecule has 0 atom stereocenters. The Hall–Kier alpha value is -3.18. The third-order valence-corrected chi connectivity index (χ3v) is 7.96. The van der Waals surface area contributed by atoms with E-state index in [1.807, 2.05) is 0 Å². The number of phenols is 3. The summed E-state index contributed by atoms with van der Waals surface area (Å²) in [6.07, 6.45) is 1.67. The molecule has 0 amide bonds. The van der Waals surface area contributed by atoms with E-state index in [2.05, 4.69) is 14.7 Å². The number of carbonyl (C=O) groups is 3. The molecule has 4 rings (SSSR count). The van der Waals surface area contributed by atoms with Crippen molar-refractivity contribution in [1.29, 1.82) is 0 Å². The van der Waals surface area contributed by atoms with Crippen LogP contribution in [0.4, 0.5) is 0 Å². The van der Waals surface area contributed by atoms with E-state index in [-0.39, 0.29) is 33.9 Å². The number of aldehydes is 3. The fourth-order valence-corrected chi connectivity index (χ4v) is 5.80. The highest BCUT2D eigenvalue weighted by atomic mass is 35.5. The summed E-state index contributed by atoms with van der Waals surface area (Å²) in [5.41, 5.74) is 1.84. The predicted octanol–water partition coefficient (Wildman–Crippen LogP) is 5.02. The summed E-state index contributed by atoms with van der Waals surface area (Å²) >= 11 is 18.6. The molecule has 1 aliphatic rings. The minimum atomic E-state index is -0.126. The lowest BCUT2D eigenvalue weighted by atomic mass is 10.1. The van der Waals surface area contributed by atoms with Gasteiger partial charge in [-0.3, -0.25) is 29.1 Å². The van der Waals surface area contributed by atoms with Gasteiger partial charge in [-0.15, -0.1) is 0 Å². The van der Waals surface area contributed by atoms with Crippen molar-refractivity contribution < 1.29 is 29.7 Å². The molecule has 9 nitrogen and oxygen atoms in total. The van der Waals surface area contributed by atoms with Crippen LogP contribution in [-0.4, -0.2) is 88.1 Å². The van der Waals surface area contributed by atoms with Gasteiger partial charge in [-0.25, -0.2) is 0 Å². The summed E-state index contributed by atoms with van der Waals surface area (Å²) in [5, 5.41) is 33.0. The molecule has 0 bridgehead atoms. The lowest BCUT2D eigenvalue weighted by Crippen LogP contribution is -2.35. The molecule has 0 spiro atoms. The molecule has 1 saturated heterocycles. The molecule has 0 unspecified atom stereocenters. The summed E-state index contributed by atoms with van der Waals surface area (Å²) in [6.45, 7) is 4.32. The van der Waals surface area contributed by atoms with E-state index in [1.54, 1.807) is 18.2 Å². The first kappa shape index (κ1) is 31.7. The first-order chi connectivity index (χ1) is 20.1. The Balaban J connectivity index is 1.62. The average molecular weight is 635 g/mol. The quantitative estimate of drug-likeness (QED) is 0.279. The third-order valence-electron chi connectivity index (χ3n) is 7.31. The molecule has 0 radical (unpaired) electrons.